The zero-order valence-corrected chi connectivity index (χ0v) is 10.8. The fraction of sp³-hybridized carbons (Fsp3) is 0.182. The molecule has 1 heterocycles. The smallest absolute Gasteiger partial charge is 0.276 e. The highest BCUT2D eigenvalue weighted by Crippen LogP contribution is 2.30. The number of alkyl halides is 2. The highest BCUT2D eigenvalue weighted by molar-refractivity contribution is 7.78. The molecule has 0 N–H and O–H groups in total. The highest BCUT2D eigenvalue weighted by atomic mass is 32.1. The number of nitrogens with zero attached hydrogens (tertiary/aromatic N) is 3. The largest absolute Gasteiger partial charge is 0.471 e. The lowest BCUT2D eigenvalue weighted by Gasteiger charge is -2.09. The highest BCUT2D eigenvalue weighted by Gasteiger charge is 2.23. The first-order valence-corrected chi connectivity index (χ1v) is 5.81. The van der Waals surface area contributed by atoms with Crippen molar-refractivity contribution in [3.8, 4) is 5.88 Å². The Labute approximate surface area is 117 Å². The maximum absolute atomic E-state index is 12.9. The summed E-state index contributed by atoms with van der Waals surface area (Å²) in [6.07, 6.45) is -1.35. The molecular formula is C11H9F2N3O3S. The predicted molar refractivity (Wildman–Crippen MR) is 69.0 cm³/mol. The van der Waals surface area contributed by atoms with E-state index in [2.05, 4.69) is 17.9 Å². The van der Waals surface area contributed by atoms with E-state index in [9.17, 15) is 18.9 Å². The van der Waals surface area contributed by atoms with Crippen LogP contribution in [-0.2, 0) is 6.61 Å². The first-order chi connectivity index (χ1) is 9.49. The fourth-order valence-corrected chi connectivity index (χ4v) is 1.80. The minimum atomic E-state index is -2.82. The van der Waals surface area contributed by atoms with Crippen molar-refractivity contribution in [3.05, 3.63) is 51.7 Å². The predicted octanol–water partition coefficient (Wildman–Crippen LogP) is 3.00. The number of aromatic nitrogens is 2. The molecule has 1 aromatic carbocycles. The van der Waals surface area contributed by atoms with Gasteiger partial charge in [-0.3, -0.25) is 10.1 Å². The van der Waals surface area contributed by atoms with E-state index in [0.717, 1.165) is 12.1 Å². The Hall–Kier alpha value is -2.16. The maximum Gasteiger partial charge on any atom is 0.276 e. The van der Waals surface area contributed by atoms with Gasteiger partial charge in [0.15, 0.2) is 0 Å². The molecule has 6 nitrogen and oxygen atoms in total. The fourth-order valence-electron chi connectivity index (χ4n) is 1.65. The zero-order chi connectivity index (χ0) is 14.7. The molecule has 1 aromatic heterocycles. The minimum Gasteiger partial charge on any atom is -0.471 e. The van der Waals surface area contributed by atoms with E-state index in [-0.39, 0.29) is 18.1 Å². The molecule has 0 amide bonds. The zero-order valence-electron chi connectivity index (χ0n) is 9.94. The number of hydrogen-bond acceptors (Lipinski definition) is 5. The molecule has 0 aliphatic rings. The molecule has 106 valence electrons. The van der Waals surface area contributed by atoms with E-state index in [4.69, 9.17) is 4.74 Å². The molecule has 0 aliphatic heterocycles. The number of rotatable bonds is 5. The summed E-state index contributed by atoms with van der Waals surface area (Å²) in [5.41, 5.74) is -1.00. The summed E-state index contributed by atoms with van der Waals surface area (Å²) in [6.45, 7) is -0.373. The molecule has 0 saturated carbocycles. The van der Waals surface area contributed by atoms with Crippen molar-refractivity contribution in [3.63, 3.8) is 0 Å². The molecule has 0 unspecified atom stereocenters. The van der Waals surface area contributed by atoms with Crippen LogP contribution in [0, 0.1) is 10.1 Å². The number of hydrogen-bond donors (Lipinski definition) is 1. The van der Waals surface area contributed by atoms with Crippen molar-refractivity contribution in [2.75, 3.05) is 0 Å². The molecule has 2 aromatic rings. The van der Waals surface area contributed by atoms with Gasteiger partial charge in [-0.1, -0.05) is 12.1 Å². The SMILES string of the molecule is O=[N+]([O-])c1cccc(C(F)F)c1COc1ccn(S)n1. The molecule has 0 fully saturated rings. The Morgan fingerprint density at radius 3 is 2.75 bits per heavy atom. The first kappa shape index (κ1) is 14.3. The lowest BCUT2D eigenvalue weighted by Crippen LogP contribution is -2.05. The van der Waals surface area contributed by atoms with Gasteiger partial charge in [-0.05, 0) is 12.8 Å². The summed E-state index contributed by atoms with van der Waals surface area (Å²) in [4.78, 5) is 10.2. The molecule has 0 atom stereocenters. The van der Waals surface area contributed by atoms with E-state index >= 15 is 0 Å². The summed E-state index contributed by atoms with van der Waals surface area (Å²) >= 11 is 3.89. The normalized spacial score (nSPS) is 10.8. The number of benzene rings is 1. The second kappa shape index (κ2) is 5.87. The number of thiol groups is 1. The maximum atomic E-state index is 12.9. The van der Waals surface area contributed by atoms with Gasteiger partial charge < -0.3 is 4.74 Å². The van der Waals surface area contributed by atoms with Crippen LogP contribution < -0.4 is 4.74 Å². The first-order valence-electron chi connectivity index (χ1n) is 5.41. The molecule has 0 aliphatic carbocycles. The van der Waals surface area contributed by atoms with Gasteiger partial charge in [0.25, 0.3) is 12.1 Å². The molecule has 0 spiro atoms. The lowest BCUT2D eigenvalue weighted by molar-refractivity contribution is -0.385. The molecule has 0 bridgehead atoms. The van der Waals surface area contributed by atoms with Crippen LogP contribution in [-0.4, -0.2) is 14.1 Å². The van der Waals surface area contributed by atoms with Gasteiger partial charge in [-0.25, -0.2) is 12.9 Å². The van der Waals surface area contributed by atoms with Crippen molar-refractivity contribution >= 4 is 18.5 Å². The van der Waals surface area contributed by atoms with Crippen molar-refractivity contribution in [2.45, 2.75) is 13.0 Å². The van der Waals surface area contributed by atoms with Crippen molar-refractivity contribution < 1.29 is 18.4 Å². The Kier molecular flexibility index (Phi) is 4.18. The van der Waals surface area contributed by atoms with Gasteiger partial charge in [0, 0.05) is 23.9 Å². The van der Waals surface area contributed by atoms with E-state index in [1.165, 1.54) is 22.4 Å². The molecule has 2 rings (SSSR count). The Morgan fingerprint density at radius 2 is 2.20 bits per heavy atom. The molecule has 9 heteroatoms. The van der Waals surface area contributed by atoms with Crippen molar-refractivity contribution in [2.24, 2.45) is 0 Å². The third-order valence-electron chi connectivity index (χ3n) is 2.54. The summed E-state index contributed by atoms with van der Waals surface area (Å²) in [5.74, 6) is 0.137. The van der Waals surface area contributed by atoms with Gasteiger partial charge >= 0.3 is 0 Å². The van der Waals surface area contributed by atoms with E-state index < -0.39 is 22.6 Å². The van der Waals surface area contributed by atoms with E-state index in [1.54, 1.807) is 0 Å². The quantitative estimate of drug-likeness (QED) is 0.523. The second-order valence-electron chi connectivity index (χ2n) is 3.77. The van der Waals surface area contributed by atoms with Crippen LogP contribution >= 0.6 is 12.8 Å². The van der Waals surface area contributed by atoms with Crippen LogP contribution in [0.15, 0.2) is 30.5 Å². The Morgan fingerprint density at radius 1 is 1.45 bits per heavy atom. The second-order valence-corrected chi connectivity index (χ2v) is 4.18. The van der Waals surface area contributed by atoms with Gasteiger partial charge in [-0.2, -0.15) is 0 Å². The summed E-state index contributed by atoms with van der Waals surface area (Å²) in [6, 6.07) is 4.96. The van der Waals surface area contributed by atoms with E-state index in [0.29, 0.717) is 0 Å². The summed E-state index contributed by atoms with van der Waals surface area (Å²) in [7, 11) is 0. The monoisotopic (exact) mass is 301 g/mol. The lowest BCUT2D eigenvalue weighted by atomic mass is 10.1. The summed E-state index contributed by atoms with van der Waals surface area (Å²) in [5, 5.41) is 14.7. The number of nitro groups is 1. The van der Waals surface area contributed by atoms with Crippen LogP contribution in [0.5, 0.6) is 5.88 Å². The van der Waals surface area contributed by atoms with Crippen LogP contribution in [0.3, 0.4) is 0 Å². The van der Waals surface area contributed by atoms with Gasteiger partial charge in [0.1, 0.15) is 6.61 Å². The number of ether oxygens (including phenoxy) is 1. The third kappa shape index (κ3) is 3.05. The molecule has 0 radical (unpaired) electrons. The average Bonchev–Trinajstić information content (AvgIpc) is 2.81. The standard InChI is InChI=1S/C11H9F2N3O3S/c12-11(13)7-2-1-3-9(16(17)18)8(7)6-19-10-4-5-15(20)14-10/h1-5,11,20H,6H2. The number of halogens is 2. The third-order valence-corrected chi connectivity index (χ3v) is 2.76. The van der Waals surface area contributed by atoms with Gasteiger partial charge in [0.2, 0.25) is 5.88 Å². The van der Waals surface area contributed by atoms with Crippen molar-refractivity contribution in [1.29, 1.82) is 0 Å². The minimum absolute atomic E-state index is 0.137. The van der Waals surface area contributed by atoms with Crippen molar-refractivity contribution in [1.82, 2.24) is 9.19 Å². The molecule has 20 heavy (non-hydrogen) atoms. The van der Waals surface area contributed by atoms with Gasteiger partial charge in [-0.15, -0.1) is 5.10 Å². The van der Waals surface area contributed by atoms with Gasteiger partial charge in [0.05, 0.1) is 10.5 Å². The van der Waals surface area contributed by atoms with Crippen LogP contribution in [0.25, 0.3) is 0 Å². The van der Waals surface area contributed by atoms with Crippen LogP contribution in [0.1, 0.15) is 17.6 Å². The van der Waals surface area contributed by atoms with Crippen LogP contribution in [0.2, 0.25) is 0 Å². The average molecular weight is 301 g/mol. The molecular weight excluding hydrogens is 292 g/mol. The summed E-state index contributed by atoms with van der Waals surface area (Å²) < 4.78 is 32.1. The number of nitro benzene ring substituents is 1. The van der Waals surface area contributed by atoms with E-state index in [1.807, 2.05) is 0 Å². The van der Waals surface area contributed by atoms with Crippen LogP contribution in [0.4, 0.5) is 14.5 Å². The Balaban J connectivity index is 2.30. The topological polar surface area (TPSA) is 70.2 Å². The Bertz CT molecular complexity index is 633. The molecule has 0 saturated heterocycles.